The summed E-state index contributed by atoms with van der Waals surface area (Å²) in [5.74, 6) is -0.824. The molecule has 1 saturated heterocycles. The molecule has 0 aliphatic carbocycles. The van der Waals surface area contributed by atoms with Crippen molar-refractivity contribution < 1.29 is 19.1 Å². The predicted octanol–water partition coefficient (Wildman–Crippen LogP) is 3.22. The molecule has 1 aliphatic rings. The Morgan fingerprint density at radius 1 is 1.21 bits per heavy atom. The average Bonchev–Trinajstić information content (AvgIpc) is 3.17. The SMILES string of the molecule is N#CCSc1ccccc1NC(=O)COC(=O)c1cccc(N2CCCC2=O)c1. The monoisotopic (exact) mass is 409 g/mol. The van der Waals surface area contributed by atoms with Crippen LogP contribution in [0.2, 0.25) is 0 Å². The first-order chi connectivity index (χ1) is 14.1. The summed E-state index contributed by atoms with van der Waals surface area (Å²) in [6.07, 6.45) is 1.30. The van der Waals surface area contributed by atoms with E-state index in [1.54, 1.807) is 47.4 Å². The zero-order valence-electron chi connectivity index (χ0n) is 15.6. The van der Waals surface area contributed by atoms with E-state index in [1.807, 2.05) is 12.1 Å². The maximum atomic E-state index is 12.3. The Morgan fingerprint density at radius 3 is 2.79 bits per heavy atom. The highest BCUT2D eigenvalue weighted by molar-refractivity contribution is 7.99. The molecule has 2 aromatic rings. The first kappa shape index (κ1) is 20.4. The van der Waals surface area contributed by atoms with Crippen LogP contribution in [-0.4, -0.2) is 36.7 Å². The molecule has 0 aromatic heterocycles. The Kier molecular flexibility index (Phi) is 6.87. The topological polar surface area (TPSA) is 99.5 Å². The van der Waals surface area contributed by atoms with Crippen LogP contribution in [0.3, 0.4) is 0 Å². The number of hydrogen-bond donors (Lipinski definition) is 1. The summed E-state index contributed by atoms with van der Waals surface area (Å²) in [5.41, 5.74) is 1.48. The standard InChI is InChI=1S/C21H19N3O4S/c22-10-12-29-18-8-2-1-7-17(18)23-19(25)14-28-21(27)15-5-3-6-16(13-15)24-11-4-9-20(24)26/h1-3,5-8,13H,4,9,11-12,14H2,(H,23,25). The van der Waals surface area contributed by atoms with E-state index in [0.29, 0.717) is 24.3 Å². The van der Waals surface area contributed by atoms with E-state index < -0.39 is 18.5 Å². The Labute approximate surface area is 172 Å². The third-order valence-corrected chi connectivity index (χ3v) is 5.20. The van der Waals surface area contributed by atoms with Crippen molar-refractivity contribution in [2.24, 2.45) is 0 Å². The fourth-order valence-corrected chi connectivity index (χ4v) is 3.60. The molecule has 0 spiro atoms. The number of anilines is 2. The number of thioether (sulfide) groups is 1. The van der Waals surface area contributed by atoms with Crippen LogP contribution in [0, 0.1) is 11.3 Å². The zero-order chi connectivity index (χ0) is 20.6. The van der Waals surface area contributed by atoms with E-state index in [-0.39, 0.29) is 17.2 Å². The fourth-order valence-electron chi connectivity index (χ4n) is 2.93. The molecule has 2 amide bonds. The third kappa shape index (κ3) is 5.36. The number of benzene rings is 2. The molecule has 1 N–H and O–H groups in total. The van der Waals surface area contributed by atoms with Crippen LogP contribution in [-0.2, 0) is 14.3 Å². The lowest BCUT2D eigenvalue weighted by molar-refractivity contribution is -0.119. The van der Waals surface area contributed by atoms with Gasteiger partial charge in [0.2, 0.25) is 5.91 Å². The van der Waals surface area contributed by atoms with Gasteiger partial charge in [0.1, 0.15) is 0 Å². The van der Waals surface area contributed by atoms with Gasteiger partial charge in [-0.25, -0.2) is 4.79 Å². The summed E-state index contributed by atoms with van der Waals surface area (Å²) in [7, 11) is 0. The van der Waals surface area contributed by atoms with Gasteiger partial charge in [-0.15, -0.1) is 11.8 Å². The molecule has 0 bridgehead atoms. The lowest BCUT2D eigenvalue weighted by Crippen LogP contribution is -2.24. The van der Waals surface area contributed by atoms with Gasteiger partial charge in [0.05, 0.1) is 23.1 Å². The molecule has 7 nitrogen and oxygen atoms in total. The number of nitrogens with one attached hydrogen (secondary N) is 1. The molecular formula is C21H19N3O4S. The van der Waals surface area contributed by atoms with Gasteiger partial charge in [0.15, 0.2) is 6.61 Å². The fraction of sp³-hybridized carbons (Fsp3) is 0.238. The molecule has 3 rings (SSSR count). The maximum absolute atomic E-state index is 12.3. The Bertz CT molecular complexity index is 970. The van der Waals surface area contributed by atoms with Crippen LogP contribution in [0.25, 0.3) is 0 Å². The highest BCUT2D eigenvalue weighted by atomic mass is 32.2. The number of hydrogen-bond acceptors (Lipinski definition) is 6. The van der Waals surface area contributed by atoms with Crippen LogP contribution in [0.1, 0.15) is 23.2 Å². The second-order valence-corrected chi connectivity index (χ2v) is 7.28. The lowest BCUT2D eigenvalue weighted by atomic mass is 10.2. The Hall–Kier alpha value is -3.31. The second-order valence-electron chi connectivity index (χ2n) is 6.27. The molecule has 148 valence electrons. The van der Waals surface area contributed by atoms with Gasteiger partial charge in [-0.2, -0.15) is 5.26 Å². The van der Waals surface area contributed by atoms with Gasteiger partial charge in [0.25, 0.3) is 5.91 Å². The van der Waals surface area contributed by atoms with Crippen LogP contribution in [0.4, 0.5) is 11.4 Å². The highest BCUT2D eigenvalue weighted by Crippen LogP contribution is 2.26. The first-order valence-electron chi connectivity index (χ1n) is 9.04. The molecule has 2 aromatic carbocycles. The summed E-state index contributed by atoms with van der Waals surface area (Å²) in [5, 5.41) is 11.4. The van der Waals surface area contributed by atoms with Crippen molar-refractivity contribution in [3.05, 3.63) is 54.1 Å². The minimum atomic E-state index is -0.638. The number of ether oxygens (including phenoxy) is 1. The number of para-hydroxylation sites is 1. The normalized spacial score (nSPS) is 13.1. The van der Waals surface area contributed by atoms with E-state index in [2.05, 4.69) is 5.32 Å². The third-order valence-electron chi connectivity index (χ3n) is 4.25. The maximum Gasteiger partial charge on any atom is 0.338 e. The molecule has 0 saturated carbocycles. The van der Waals surface area contributed by atoms with Gasteiger partial charge < -0.3 is 15.0 Å². The molecule has 1 aliphatic heterocycles. The number of carbonyl (C=O) groups is 3. The molecule has 1 heterocycles. The number of carbonyl (C=O) groups excluding carboxylic acids is 3. The van der Waals surface area contributed by atoms with Crippen molar-refractivity contribution in [2.45, 2.75) is 17.7 Å². The zero-order valence-corrected chi connectivity index (χ0v) is 16.4. The molecular weight excluding hydrogens is 390 g/mol. The first-order valence-corrected chi connectivity index (χ1v) is 10.0. The largest absolute Gasteiger partial charge is 0.452 e. The van der Waals surface area contributed by atoms with Crippen LogP contribution >= 0.6 is 11.8 Å². The lowest BCUT2D eigenvalue weighted by Gasteiger charge is -2.16. The number of nitriles is 1. The minimum absolute atomic E-state index is 0.0304. The quantitative estimate of drug-likeness (QED) is 0.557. The van der Waals surface area contributed by atoms with Crippen LogP contribution < -0.4 is 10.2 Å². The van der Waals surface area contributed by atoms with Crippen LogP contribution in [0.15, 0.2) is 53.4 Å². The van der Waals surface area contributed by atoms with Crippen molar-refractivity contribution in [1.82, 2.24) is 0 Å². The van der Waals surface area contributed by atoms with E-state index in [9.17, 15) is 14.4 Å². The average molecular weight is 409 g/mol. The van der Waals surface area contributed by atoms with Crippen molar-refractivity contribution in [1.29, 1.82) is 5.26 Å². The molecule has 0 radical (unpaired) electrons. The summed E-state index contributed by atoms with van der Waals surface area (Å²) in [4.78, 5) is 38.8. The minimum Gasteiger partial charge on any atom is -0.452 e. The van der Waals surface area contributed by atoms with Gasteiger partial charge in [0, 0.05) is 23.5 Å². The van der Waals surface area contributed by atoms with Gasteiger partial charge in [-0.05, 0) is 36.8 Å². The van der Waals surface area contributed by atoms with Gasteiger partial charge >= 0.3 is 5.97 Å². The Morgan fingerprint density at radius 2 is 2.03 bits per heavy atom. The number of esters is 1. The summed E-state index contributed by atoms with van der Waals surface area (Å²) in [6, 6.07) is 15.8. The molecule has 8 heteroatoms. The summed E-state index contributed by atoms with van der Waals surface area (Å²) >= 11 is 1.31. The van der Waals surface area contributed by atoms with Crippen LogP contribution in [0.5, 0.6) is 0 Å². The molecule has 29 heavy (non-hydrogen) atoms. The molecule has 0 atom stereocenters. The van der Waals surface area contributed by atoms with Crippen molar-refractivity contribution in [2.75, 3.05) is 29.1 Å². The number of rotatable bonds is 7. The molecule has 1 fully saturated rings. The van der Waals surface area contributed by atoms with E-state index in [1.165, 1.54) is 11.8 Å². The molecule has 0 unspecified atom stereocenters. The van der Waals surface area contributed by atoms with Gasteiger partial charge in [-0.1, -0.05) is 18.2 Å². The van der Waals surface area contributed by atoms with E-state index in [0.717, 1.165) is 11.3 Å². The summed E-state index contributed by atoms with van der Waals surface area (Å²) < 4.78 is 5.11. The summed E-state index contributed by atoms with van der Waals surface area (Å²) in [6.45, 7) is 0.186. The number of amides is 2. The van der Waals surface area contributed by atoms with Gasteiger partial charge in [-0.3, -0.25) is 9.59 Å². The number of nitrogens with zero attached hydrogens (tertiary/aromatic N) is 2. The second kappa shape index (κ2) is 9.75. The van der Waals surface area contributed by atoms with Crippen molar-refractivity contribution in [3.63, 3.8) is 0 Å². The highest BCUT2D eigenvalue weighted by Gasteiger charge is 2.22. The van der Waals surface area contributed by atoms with E-state index >= 15 is 0 Å². The Balaban J connectivity index is 1.58. The predicted molar refractivity (Wildman–Crippen MR) is 110 cm³/mol. The van der Waals surface area contributed by atoms with Crippen molar-refractivity contribution in [3.8, 4) is 6.07 Å². The smallest absolute Gasteiger partial charge is 0.338 e. The van der Waals surface area contributed by atoms with Crippen molar-refractivity contribution >= 4 is 40.9 Å². The van der Waals surface area contributed by atoms with E-state index in [4.69, 9.17) is 10.00 Å².